The number of nitrogens with one attached hydrogen (secondary N) is 1. The largest absolute Gasteiger partial charge is 0.495 e. The van der Waals surface area contributed by atoms with Crippen molar-refractivity contribution in [3.63, 3.8) is 0 Å². The van der Waals surface area contributed by atoms with Crippen LogP contribution in [0.3, 0.4) is 0 Å². The van der Waals surface area contributed by atoms with Crippen molar-refractivity contribution in [3.8, 4) is 5.75 Å². The van der Waals surface area contributed by atoms with Crippen LogP contribution in [0.2, 0.25) is 5.02 Å². The van der Waals surface area contributed by atoms with Crippen molar-refractivity contribution in [2.24, 2.45) is 0 Å². The van der Waals surface area contributed by atoms with Crippen molar-refractivity contribution < 1.29 is 9.84 Å². The summed E-state index contributed by atoms with van der Waals surface area (Å²) in [6, 6.07) is 11.2. The van der Waals surface area contributed by atoms with E-state index in [-0.39, 0.29) is 0 Å². The molecule has 1 aliphatic rings. The van der Waals surface area contributed by atoms with E-state index < -0.39 is 5.60 Å². The number of nitrogens with zero attached hydrogens (tertiary/aromatic N) is 3. The van der Waals surface area contributed by atoms with Gasteiger partial charge in [-0.2, -0.15) is 5.10 Å². The highest BCUT2D eigenvalue weighted by atomic mass is 35.5. The zero-order chi connectivity index (χ0) is 21.8. The summed E-state index contributed by atoms with van der Waals surface area (Å²) in [6.07, 6.45) is 5.20. The smallest absolute Gasteiger partial charge is 0.188 e. The zero-order valence-electron chi connectivity index (χ0n) is 17.5. The fourth-order valence-corrected chi connectivity index (χ4v) is 4.50. The monoisotopic (exact) mass is 436 g/mol. The molecule has 31 heavy (non-hydrogen) atoms. The maximum atomic E-state index is 10.7. The summed E-state index contributed by atoms with van der Waals surface area (Å²) in [5.41, 5.74) is 1.80. The Hall–Kier alpha value is -2.88. The number of fused-ring (bicyclic) bond motifs is 1. The van der Waals surface area contributed by atoms with Gasteiger partial charge in [-0.25, -0.2) is 4.85 Å². The molecule has 0 bridgehead atoms. The molecular weight excluding hydrogens is 412 g/mol. The third-order valence-corrected chi connectivity index (χ3v) is 6.30. The lowest BCUT2D eigenvalue weighted by molar-refractivity contribution is 0.0389. The van der Waals surface area contributed by atoms with E-state index in [1.807, 2.05) is 30.3 Å². The number of methoxy groups -OCH3 is 1. The summed E-state index contributed by atoms with van der Waals surface area (Å²) < 4.78 is 5.21. The number of rotatable bonds is 7. The van der Waals surface area contributed by atoms with Crippen LogP contribution in [0.25, 0.3) is 15.6 Å². The Labute approximate surface area is 187 Å². The van der Waals surface area contributed by atoms with Crippen LogP contribution in [-0.4, -0.2) is 28.0 Å². The molecule has 0 spiro atoms. The number of hydrogen-bond donors (Lipinski definition) is 2. The second-order valence-corrected chi connectivity index (χ2v) is 8.50. The van der Waals surface area contributed by atoms with Gasteiger partial charge in [-0.05, 0) is 49.4 Å². The molecule has 1 aromatic heterocycles. The van der Waals surface area contributed by atoms with Gasteiger partial charge in [0, 0.05) is 17.3 Å². The van der Waals surface area contributed by atoms with E-state index in [2.05, 4.69) is 20.4 Å². The molecule has 4 rings (SSSR count). The first-order valence-electron chi connectivity index (χ1n) is 10.5. The van der Waals surface area contributed by atoms with Crippen LogP contribution in [0, 0.1) is 6.57 Å². The van der Waals surface area contributed by atoms with Gasteiger partial charge < -0.3 is 15.2 Å². The molecule has 160 valence electrons. The standard InChI is InChI=1S/C24H25ClN4O2/c1-26-17-6-7-18-19(14-17)23(27-15-16-5-8-22(31-2)20(25)13-16)29-28-21(18)9-12-24(30)10-3-4-11-24/h5-8,13-14,30H,3-4,9-12,15H2,2H3,(H,27,29). The predicted molar refractivity (Wildman–Crippen MR) is 123 cm³/mol. The number of aliphatic hydroxyl groups is 1. The normalized spacial score (nSPS) is 15.0. The molecule has 1 heterocycles. The van der Waals surface area contributed by atoms with Gasteiger partial charge in [-0.3, -0.25) is 0 Å². The van der Waals surface area contributed by atoms with E-state index in [1.54, 1.807) is 13.2 Å². The topological polar surface area (TPSA) is 71.6 Å². The van der Waals surface area contributed by atoms with E-state index >= 15 is 0 Å². The minimum absolute atomic E-state index is 0.509. The van der Waals surface area contributed by atoms with E-state index in [0.717, 1.165) is 47.7 Å². The number of aryl methyl sites for hydroxylation is 1. The molecule has 0 amide bonds. The van der Waals surface area contributed by atoms with E-state index in [0.29, 0.717) is 41.7 Å². The van der Waals surface area contributed by atoms with Crippen LogP contribution in [0.5, 0.6) is 5.75 Å². The molecule has 1 saturated carbocycles. The van der Waals surface area contributed by atoms with Crippen LogP contribution in [0.4, 0.5) is 11.5 Å². The van der Waals surface area contributed by atoms with E-state index in [9.17, 15) is 5.11 Å². The zero-order valence-corrected chi connectivity index (χ0v) is 18.2. The summed E-state index contributed by atoms with van der Waals surface area (Å²) in [5, 5.41) is 25.3. The van der Waals surface area contributed by atoms with Crippen LogP contribution in [0.1, 0.15) is 43.4 Å². The Morgan fingerprint density at radius 1 is 1.16 bits per heavy atom. The number of aromatic nitrogens is 2. The number of hydrogen-bond acceptors (Lipinski definition) is 5. The number of benzene rings is 2. The van der Waals surface area contributed by atoms with E-state index in [1.165, 1.54) is 0 Å². The molecule has 0 saturated heterocycles. The lowest BCUT2D eigenvalue weighted by Gasteiger charge is -2.22. The predicted octanol–water partition coefficient (Wildman–Crippen LogP) is 5.69. The Morgan fingerprint density at radius 2 is 1.97 bits per heavy atom. The fraction of sp³-hybridized carbons (Fsp3) is 0.375. The molecule has 0 radical (unpaired) electrons. The Morgan fingerprint density at radius 3 is 2.68 bits per heavy atom. The molecule has 2 aromatic carbocycles. The first kappa shape index (κ1) is 21.4. The molecule has 0 aliphatic heterocycles. The third-order valence-electron chi connectivity index (χ3n) is 6.01. The van der Waals surface area contributed by atoms with Gasteiger partial charge in [0.15, 0.2) is 11.5 Å². The number of halogens is 1. The second-order valence-electron chi connectivity index (χ2n) is 8.09. The van der Waals surface area contributed by atoms with E-state index in [4.69, 9.17) is 22.9 Å². The second kappa shape index (κ2) is 9.09. The third kappa shape index (κ3) is 4.73. The lowest BCUT2D eigenvalue weighted by Crippen LogP contribution is -2.24. The molecule has 0 atom stereocenters. The highest BCUT2D eigenvalue weighted by Gasteiger charge is 2.30. The maximum absolute atomic E-state index is 10.7. The van der Waals surface area contributed by atoms with Gasteiger partial charge in [0.2, 0.25) is 0 Å². The minimum atomic E-state index is -0.588. The Kier molecular flexibility index (Phi) is 6.26. The van der Waals surface area contributed by atoms with Crippen molar-refractivity contribution in [2.75, 3.05) is 12.4 Å². The van der Waals surface area contributed by atoms with Crippen molar-refractivity contribution in [1.82, 2.24) is 10.2 Å². The first-order chi connectivity index (χ1) is 15.0. The van der Waals surface area contributed by atoms with Crippen LogP contribution in [-0.2, 0) is 13.0 Å². The molecule has 1 aliphatic carbocycles. The molecule has 6 nitrogen and oxygen atoms in total. The van der Waals surface area contributed by atoms with Gasteiger partial charge >= 0.3 is 0 Å². The quantitative estimate of drug-likeness (QED) is 0.465. The van der Waals surface area contributed by atoms with Gasteiger partial charge in [-0.1, -0.05) is 42.6 Å². The van der Waals surface area contributed by atoms with Crippen molar-refractivity contribution in [2.45, 2.75) is 50.7 Å². The summed E-state index contributed by atoms with van der Waals surface area (Å²) in [7, 11) is 1.59. The Bertz CT molecular complexity index is 1140. The van der Waals surface area contributed by atoms with Crippen molar-refractivity contribution in [3.05, 3.63) is 64.1 Å². The summed E-state index contributed by atoms with van der Waals surface area (Å²) in [5.74, 6) is 1.25. The minimum Gasteiger partial charge on any atom is -0.495 e. The van der Waals surface area contributed by atoms with Gasteiger partial charge in [0.25, 0.3) is 0 Å². The maximum Gasteiger partial charge on any atom is 0.188 e. The average Bonchev–Trinajstić information content (AvgIpc) is 3.22. The van der Waals surface area contributed by atoms with Crippen LogP contribution >= 0.6 is 11.6 Å². The van der Waals surface area contributed by atoms with Crippen molar-refractivity contribution >= 4 is 33.9 Å². The number of anilines is 1. The molecular formula is C24H25ClN4O2. The van der Waals surface area contributed by atoms with Crippen molar-refractivity contribution in [1.29, 1.82) is 0 Å². The summed E-state index contributed by atoms with van der Waals surface area (Å²) in [6.45, 7) is 7.88. The van der Waals surface area contributed by atoms with Gasteiger partial charge in [0.05, 0.1) is 30.0 Å². The van der Waals surface area contributed by atoms with Gasteiger partial charge in [-0.15, -0.1) is 5.10 Å². The first-order valence-corrected chi connectivity index (χ1v) is 10.8. The lowest BCUT2D eigenvalue weighted by atomic mass is 9.94. The SMILES string of the molecule is [C-]#[N+]c1ccc2c(CCC3(O)CCCC3)nnc(NCc3ccc(OC)c(Cl)c3)c2c1. The molecule has 0 unspecified atom stereocenters. The van der Waals surface area contributed by atoms with Crippen LogP contribution in [0.15, 0.2) is 36.4 Å². The highest BCUT2D eigenvalue weighted by Crippen LogP contribution is 2.35. The highest BCUT2D eigenvalue weighted by molar-refractivity contribution is 6.32. The van der Waals surface area contributed by atoms with Gasteiger partial charge in [0.1, 0.15) is 5.75 Å². The summed E-state index contributed by atoms with van der Waals surface area (Å²) in [4.78, 5) is 3.56. The fourth-order valence-electron chi connectivity index (χ4n) is 4.22. The van der Waals surface area contributed by atoms with Crippen LogP contribution < -0.4 is 10.1 Å². The number of ether oxygens (including phenoxy) is 1. The average molecular weight is 437 g/mol. The molecule has 2 N–H and O–H groups in total. The molecule has 7 heteroatoms. The molecule has 1 fully saturated rings. The Balaban J connectivity index is 1.59. The molecule has 3 aromatic rings. The summed E-state index contributed by atoms with van der Waals surface area (Å²) >= 11 is 6.23.